The Morgan fingerprint density at radius 3 is 1.78 bits per heavy atom. The number of nitrogens with one attached hydrogen (secondary N) is 2. The van der Waals surface area contributed by atoms with Crippen LogP contribution in [-0.2, 0) is 0 Å². The molecule has 0 aliphatic rings. The Kier molecular flexibility index (Phi) is 31.0. The summed E-state index contributed by atoms with van der Waals surface area (Å²) in [6, 6.07) is 0. The molecule has 0 saturated carbocycles. The van der Waals surface area contributed by atoms with E-state index in [-0.39, 0.29) is 36.7 Å². The van der Waals surface area contributed by atoms with Gasteiger partial charge in [0.25, 0.3) is 0 Å². The summed E-state index contributed by atoms with van der Waals surface area (Å²) in [5.41, 5.74) is 10.6. The Bertz CT molecular complexity index is 269. The van der Waals surface area contributed by atoms with Gasteiger partial charge in [-0.05, 0) is 12.3 Å². The quantitative estimate of drug-likeness (QED) is 0.274. The molecule has 0 aromatic heterocycles. The van der Waals surface area contributed by atoms with Gasteiger partial charge in [-0.25, -0.2) is 0 Å². The SMILES string of the molecule is CCCCC(CC)CN=C(N)NC(=N)N.CCCCCC.Cl.Cl. The third-order valence-electron chi connectivity index (χ3n) is 3.28. The Morgan fingerprint density at radius 2 is 1.43 bits per heavy atom. The fraction of sp³-hybridized carbons (Fsp3) is 0.875. The Hall–Kier alpha value is -0.680. The van der Waals surface area contributed by atoms with Gasteiger partial charge in [-0.2, -0.15) is 0 Å². The van der Waals surface area contributed by atoms with Crippen LogP contribution in [0, 0.1) is 11.3 Å². The monoisotopic (exact) mass is 371 g/mol. The smallest absolute Gasteiger partial charge is 0.195 e. The average Bonchev–Trinajstić information content (AvgIpc) is 2.45. The average molecular weight is 372 g/mol. The minimum absolute atomic E-state index is 0. The highest BCUT2D eigenvalue weighted by Gasteiger charge is 2.04. The van der Waals surface area contributed by atoms with Gasteiger partial charge in [0.2, 0.25) is 0 Å². The second-order valence-electron chi connectivity index (χ2n) is 5.39. The van der Waals surface area contributed by atoms with Crippen molar-refractivity contribution in [1.29, 1.82) is 5.41 Å². The second kappa shape index (κ2) is 23.6. The molecule has 1 atom stereocenters. The molecule has 7 heteroatoms. The first-order valence-corrected chi connectivity index (χ1v) is 8.42. The molecule has 0 saturated heterocycles. The van der Waals surface area contributed by atoms with Crippen LogP contribution in [0.15, 0.2) is 4.99 Å². The predicted molar refractivity (Wildman–Crippen MR) is 109 cm³/mol. The first kappa shape index (κ1) is 30.2. The van der Waals surface area contributed by atoms with Crippen LogP contribution in [0.5, 0.6) is 0 Å². The summed E-state index contributed by atoms with van der Waals surface area (Å²) >= 11 is 0. The zero-order valence-electron chi connectivity index (χ0n) is 15.4. The number of unbranched alkanes of at least 4 members (excludes halogenated alkanes) is 4. The summed E-state index contributed by atoms with van der Waals surface area (Å²) in [6.07, 6.45) is 10.3. The lowest BCUT2D eigenvalue weighted by Gasteiger charge is -2.11. The summed E-state index contributed by atoms with van der Waals surface area (Å²) in [7, 11) is 0. The van der Waals surface area contributed by atoms with E-state index in [4.69, 9.17) is 16.9 Å². The maximum Gasteiger partial charge on any atom is 0.195 e. The van der Waals surface area contributed by atoms with Gasteiger partial charge in [0.05, 0.1) is 0 Å². The maximum atomic E-state index is 6.97. The first-order chi connectivity index (χ1) is 10.0. The van der Waals surface area contributed by atoms with Gasteiger partial charge in [-0.15, -0.1) is 24.8 Å². The minimum atomic E-state index is -0.169. The number of halogens is 2. The van der Waals surface area contributed by atoms with Gasteiger partial charge in [0.1, 0.15) is 0 Å². The van der Waals surface area contributed by atoms with E-state index >= 15 is 0 Å². The van der Waals surface area contributed by atoms with Crippen LogP contribution in [-0.4, -0.2) is 18.5 Å². The van der Waals surface area contributed by atoms with Crippen molar-refractivity contribution in [2.75, 3.05) is 6.54 Å². The lowest BCUT2D eigenvalue weighted by atomic mass is 10.00. The minimum Gasteiger partial charge on any atom is -0.370 e. The third-order valence-corrected chi connectivity index (χ3v) is 3.28. The van der Waals surface area contributed by atoms with E-state index in [1.807, 2.05) is 0 Å². The summed E-state index contributed by atoms with van der Waals surface area (Å²) in [5.74, 6) is 0.646. The fourth-order valence-electron chi connectivity index (χ4n) is 1.82. The van der Waals surface area contributed by atoms with E-state index < -0.39 is 0 Å². The lowest BCUT2D eigenvalue weighted by Crippen LogP contribution is -2.41. The predicted octanol–water partition coefficient (Wildman–Crippen LogP) is 4.43. The summed E-state index contributed by atoms with van der Waals surface area (Å²) < 4.78 is 0. The largest absolute Gasteiger partial charge is 0.370 e. The van der Waals surface area contributed by atoms with Gasteiger partial charge in [0, 0.05) is 6.54 Å². The van der Waals surface area contributed by atoms with E-state index in [1.165, 1.54) is 44.9 Å². The summed E-state index contributed by atoms with van der Waals surface area (Å²) in [4.78, 5) is 4.15. The van der Waals surface area contributed by atoms with Crippen molar-refractivity contribution < 1.29 is 0 Å². The molecule has 0 aliphatic heterocycles. The molecule has 0 bridgehead atoms. The highest BCUT2D eigenvalue weighted by atomic mass is 35.5. The van der Waals surface area contributed by atoms with Crippen molar-refractivity contribution in [3.05, 3.63) is 0 Å². The molecule has 142 valence electrons. The Morgan fingerprint density at radius 1 is 0.957 bits per heavy atom. The first-order valence-electron chi connectivity index (χ1n) is 8.42. The van der Waals surface area contributed by atoms with Crippen molar-refractivity contribution in [3.63, 3.8) is 0 Å². The number of guanidine groups is 2. The van der Waals surface area contributed by atoms with Gasteiger partial charge in [-0.1, -0.05) is 72.6 Å². The van der Waals surface area contributed by atoms with Crippen LogP contribution >= 0.6 is 24.8 Å². The van der Waals surface area contributed by atoms with E-state index in [1.54, 1.807) is 0 Å². The van der Waals surface area contributed by atoms with E-state index in [2.05, 4.69) is 38.0 Å². The normalized spacial score (nSPS) is 11.2. The Labute approximate surface area is 155 Å². The summed E-state index contributed by atoms with van der Waals surface area (Å²) in [5, 5.41) is 9.44. The van der Waals surface area contributed by atoms with Crippen LogP contribution < -0.4 is 16.8 Å². The number of hydrogen-bond donors (Lipinski definition) is 4. The van der Waals surface area contributed by atoms with Crippen LogP contribution in [0.4, 0.5) is 0 Å². The molecule has 0 aromatic carbocycles. The summed E-state index contributed by atoms with van der Waals surface area (Å²) in [6.45, 7) is 9.51. The van der Waals surface area contributed by atoms with Gasteiger partial charge < -0.3 is 11.5 Å². The van der Waals surface area contributed by atoms with E-state index in [0.29, 0.717) is 12.5 Å². The second-order valence-corrected chi connectivity index (χ2v) is 5.39. The van der Waals surface area contributed by atoms with Crippen molar-refractivity contribution in [2.24, 2.45) is 22.4 Å². The third kappa shape index (κ3) is 26.5. The van der Waals surface area contributed by atoms with Crippen LogP contribution in [0.3, 0.4) is 0 Å². The number of aliphatic imine (C=N–C) groups is 1. The number of rotatable bonds is 9. The van der Waals surface area contributed by atoms with Crippen LogP contribution in [0.25, 0.3) is 0 Å². The number of nitrogens with zero attached hydrogens (tertiary/aromatic N) is 1. The lowest BCUT2D eigenvalue weighted by molar-refractivity contribution is 0.462. The maximum absolute atomic E-state index is 6.97. The zero-order valence-corrected chi connectivity index (χ0v) is 17.0. The molecule has 0 aromatic rings. The molecule has 0 heterocycles. The number of hydrogen-bond acceptors (Lipinski definition) is 2. The molecule has 0 spiro atoms. The van der Waals surface area contributed by atoms with Crippen LogP contribution in [0.1, 0.15) is 79.1 Å². The molecule has 0 aliphatic carbocycles. The molecular weight excluding hydrogens is 333 g/mol. The highest BCUT2D eigenvalue weighted by molar-refractivity contribution is 5.95. The molecule has 0 rings (SSSR count). The Balaban J connectivity index is -0.000000194. The van der Waals surface area contributed by atoms with Crippen LogP contribution in [0.2, 0.25) is 0 Å². The topological polar surface area (TPSA) is 100 Å². The van der Waals surface area contributed by atoms with E-state index in [0.717, 1.165) is 6.42 Å². The molecule has 0 radical (unpaired) electrons. The number of nitrogens with two attached hydrogens (primary N) is 2. The molecule has 0 amide bonds. The van der Waals surface area contributed by atoms with Gasteiger partial charge >= 0.3 is 0 Å². The van der Waals surface area contributed by atoms with Crippen molar-refractivity contribution >= 4 is 36.7 Å². The zero-order chi connectivity index (χ0) is 16.5. The molecule has 6 N–H and O–H groups in total. The molecule has 1 unspecified atom stereocenters. The highest BCUT2D eigenvalue weighted by Crippen LogP contribution is 2.12. The fourth-order valence-corrected chi connectivity index (χ4v) is 1.82. The van der Waals surface area contributed by atoms with Gasteiger partial charge in [0.15, 0.2) is 11.9 Å². The standard InChI is InChI=1S/C10H23N5.C6H14.2ClH/c1-3-5-6-8(4-2)7-14-10(13)15-9(11)12;1-3-5-6-4-2;;/h8H,3-7H2,1-2H3,(H6,11,12,13,14,15);3-6H2,1-2H3;2*1H. The van der Waals surface area contributed by atoms with Gasteiger partial charge in [-0.3, -0.25) is 15.7 Å². The van der Waals surface area contributed by atoms with Crippen molar-refractivity contribution in [1.82, 2.24) is 5.32 Å². The van der Waals surface area contributed by atoms with Crippen molar-refractivity contribution in [3.8, 4) is 0 Å². The van der Waals surface area contributed by atoms with Crippen molar-refractivity contribution in [2.45, 2.75) is 79.1 Å². The molecule has 23 heavy (non-hydrogen) atoms. The molecule has 5 nitrogen and oxygen atoms in total. The van der Waals surface area contributed by atoms with E-state index in [9.17, 15) is 0 Å². The molecular formula is C16H39Cl2N5. The molecule has 0 fully saturated rings.